The molecule has 7 heteroatoms. The monoisotopic (exact) mass is 337 g/mol. The third-order valence-corrected chi connectivity index (χ3v) is 5.43. The molecule has 18 heavy (non-hydrogen) atoms. The van der Waals surface area contributed by atoms with Crippen LogP contribution in [-0.2, 0) is 10.0 Å². The van der Waals surface area contributed by atoms with Gasteiger partial charge in [0, 0.05) is 17.6 Å². The summed E-state index contributed by atoms with van der Waals surface area (Å²) in [4.78, 5) is -0.358. The molecule has 0 unspecified atom stereocenters. The number of sulfonamides is 1. The molecule has 0 amide bonds. The molecule has 0 spiro atoms. The van der Waals surface area contributed by atoms with Crippen molar-refractivity contribution in [2.75, 3.05) is 13.1 Å². The summed E-state index contributed by atoms with van der Waals surface area (Å²) in [6.07, 6.45) is 0.474. The average molecular weight is 338 g/mol. The topological polar surface area (TPSA) is 57.6 Å². The SMILES string of the molecule is CCC1(O)CN(S(=O)(=O)c2ccc(Br)cc2F)C1. The molecule has 1 heterocycles. The van der Waals surface area contributed by atoms with Gasteiger partial charge in [0.15, 0.2) is 0 Å². The lowest BCUT2D eigenvalue weighted by Gasteiger charge is -2.44. The maximum atomic E-state index is 13.6. The largest absolute Gasteiger partial charge is 0.387 e. The molecule has 1 aliphatic rings. The number of benzene rings is 1. The van der Waals surface area contributed by atoms with Gasteiger partial charge in [-0.05, 0) is 24.6 Å². The second-order valence-corrected chi connectivity index (χ2v) is 7.25. The van der Waals surface area contributed by atoms with Crippen LogP contribution in [0.15, 0.2) is 27.6 Å². The van der Waals surface area contributed by atoms with Crippen LogP contribution in [0.5, 0.6) is 0 Å². The van der Waals surface area contributed by atoms with E-state index in [9.17, 15) is 17.9 Å². The zero-order valence-corrected chi connectivity index (χ0v) is 12.1. The van der Waals surface area contributed by atoms with Crippen molar-refractivity contribution in [2.24, 2.45) is 0 Å². The summed E-state index contributed by atoms with van der Waals surface area (Å²) in [5, 5.41) is 9.81. The third-order valence-electron chi connectivity index (χ3n) is 3.11. The highest BCUT2D eigenvalue weighted by Gasteiger charge is 2.46. The standard InChI is InChI=1S/C11H13BrFNO3S/c1-2-11(15)6-14(7-11)18(16,17)10-4-3-8(12)5-9(10)13/h3-5,15H,2,6-7H2,1H3. The van der Waals surface area contributed by atoms with Gasteiger partial charge >= 0.3 is 0 Å². The Labute approximate surface area is 114 Å². The molecule has 1 aromatic rings. The quantitative estimate of drug-likeness (QED) is 0.913. The Morgan fingerprint density at radius 2 is 2.11 bits per heavy atom. The number of halogens is 2. The Kier molecular flexibility index (Phi) is 3.52. The summed E-state index contributed by atoms with van der Waals surface area (Å²) in [5.41, 5.74) is -0.973. The smallest absolute Gasteiger partial charge is 0.246 e. The lowest BCUT2D eigenvalue weighted by Crippen LogP contribution is -2.62. The van der Waals surface area contributed by atoms with Gasteiger partial charge in [0.1, 0.15) is 10.7 Å². The summed E-state index contributed by atoms with van der Waals surface area (Å²) < 4.78 is 39.4. The Bertz CT molecular complexity index is 570. The van der Waals surface area contributed by atoms with Crippen LogP contribution in [0, 0.1) is 5.82 Å². The number of nitrogens with zero attached hydrogens (tertiary/aromatic N) is 1. The first kappa shape index (κ1) is 13.9. The van der Waals surface area contributed by atoms with E-state index in [-0.39, 0.29) is 18.0 Å². The van der Waals surface area contributed by atoms with Gasteiger partial charge in [-0.3, -0.25) is 0 Å². The lowest BCUT2D eigenvalue weighted by atomic mass is 9.94. The molecule has 0 atom stereocenters. The highest BCUT2D eigenvalue weighted by Crippen LogP contribution is 2.31. The van der Waals surface area contributed by atoms with E-state index >= 15 is 0 Å². The van der Waals surface area contributed by atoms with Gasteiger partial charge in [-0.25, -0.2) is 12.8 Å². The molecule has 1 aromatic carbocycles. The molecule has 1 saturated heterocycles. The summed E-state index contributed by atoms with van der Waals surface area (Å²) >= 11 is 3.07. The number of hydrogen-bond acceptors (Lipinski definition) is 3. The fourth-order valence-corrected chi connectivity index (χ4v) is 3.80. The summed E-state index contributed by atoms with van der Waals surface area (Å²) in [6, 6.07) is 3.80. The molecule has 0 radical (unpaired) electrons. The minimum atomic E-state index is -3.85. The van der Waals surface area contributed by atoms with Crippen LogP contribution in [0.3, 0.4) is 0 Å². The van der Waals surface area contributed by atoms with Crippen LogP contribution in [0.25, 0.3) is 0 Å². The van der Waals surface area contributed by atoms with Gasteiger partial charge < -0.3 is 5.11 Å². The van der Waals surface area contributed by atoms with Crippen LogP contribution < -0.4 is 0 Å². The first-order valence-electron chi connectivity index (χ1n) is 5.46. The Morgan fingerprint density at radius 1 is 1.50 bits per heavy atom. The molecule has 0 saturated carbocycles. The van der Waals surface area contributed by atoms with E-state index in [0.29, 0.717) is 10.9 Å². The molecule has 4 nitrogen and oxygen atoms in total. The van der Waals surface area contributed by atoms with Crippen LogP contribution in [0.2, 0.25) is 0 Å². The van der Waals surface area contributed by atoms with Gasteiger partial charge in [0.25, 0.3) is 0 Å². The van der Waals surface area contributed by atoms with Crippen LogP contribution in [0.1, 0.15) is 13.3 Å². The number of aliphatic hydroxyl groups is 1. The molecule has 2 rings (SSSR count). The van der Waals surface area contributed by atoms with E-state index in [1.54, 1.807) is 6.92 Å². The third kappa shape index (κ3) is 2.32. The van der Waals surface area contributed by atoms with Crippen molar-refractivity contribution in [3.05, 3.63) is 28.5 Å². The van der Waals surface area contributed by atoms with E-state index < -0.39 is 21.4 Å². The molecule has 0 bridgehead atoms. The lowest BCUT2D eigenvalue weighted by molar-refractivity contribution is -0.0614. The molecule has 100 valence electrons. The second-order valence-electron chi connectivity index (χ2n) is 4.43. The van der Waals surface area contributed by atoms with E-state index in [2.05, 4.69) is 15.9 Å². The summed E-state index contributed by atoms with van der Waals surface area (Å²) in [6.45, 7) is 1.81. The maximum absolute atomic E-state index is 13.6. The molecule has 0 aromatic heterocycles. The first-order valence-corrected chi connectivity index (χ1v) is 7.69. The van der Waals surface area contributed by atoms with Crippen molar-refractivity contribution >= 4 is 26.0 Å². The van der Waals surface area contributed by atoms with Gasteiger partial charge in [-0.1, -0.05) is 22.9 Å². The van der Waals surface area contributed by atoms with Gasteiger partial charge in [-0.15, -0.1) is 0 Å². The van der Waals surface area contributed by atoms with E-state index in [0.717, 1.165) is 10.4 Å². The minimum absolute atomic E-state index is 0.0152. The Balaban J connectivity index is 2.28. The van der Waals surface area contributed by atoms with Crippen molar-refractivity contribution in [3.8, 4) is 0 Å². The second kappa shape index (κ2) is 4.56. The van der Waals surface area contributed by atoms with Crippen molar-refractivity contribution < 1.29 is 17.9 Å². The van der Waals surface area contributed by atoms with Crippen LogP contribution in [-0.4, -0.2) is 36.5 Å². The van der Waals surface area contributed by atoms with Crippen LogP contribution in [0.4, 0.5) is 4.39 Å². The van der Waals surface area contributed by atoms with Crippen molar-refractivity contribution in [2.45, 2.75) is 23.8 Å². The highest BCUT2D eigenvalue weighted by atomic mass is 79.9. The maximum Gasteiger partial charge on any atom is 0.246 e. The fourth-order valence-electron chi connectivity index (χ4n) is 1.83. The fraction of sp³-hybridized carbons (Fsp3) is 0.455. The highest BCUT2D eigenvalue weighted by molar-refractivity contribution is 9.10. The van der Waals surface area contributed by atoms with Gasteiger partial charge in [-0.2, -0.15) is 4.31 Å². The molecule has 1 N–H and O–H groups in total. The Hall–Kier alpha value is -0.500. The minimum Gasteiger partial charge on any atom is -0.387 e. The molecular weight excluding hydrogens is 325 g/mol. The molecular formula is C11H13BrFNO3S. The number of hydrogen-bond donors (Lipinski definition) is 1. The normalized spacial score (nSPS) is 19.6. The summed E-state index contributed by atoms with van der Waals surface area (Å²) in [5.74, 6) is -0.795. The molecule has 0 aliphatic carbocycles. The Morgan fingerprint density at radius 3 is 2.61 bits per heavy atom. The van der Waals surface area contributed by atoms with E-state index in [1.807, 2.05) is 0 Å². The molecule has 1 aliphatic heterocycles. The van der Waals surface area contributed by atoms with Crippen molar-refractivity contribution in [1.82, 2.24) is 4.31 Å². The zero-order valence-electron chi connectivity index (χ0n) is 9.73. The summed E-state index contributed by atoms with van der Waals surface area (Å²) in [7, 11) is -3.85. The average Bonchev–Trinajstić information content (AvgIpc) is 2.24. The zero-order chi connectivity index (χ0) is 13.6. The van der Waals surface area contributed by atoms with Gasteiger partial charge in [0.2, 0.25) is 10.0 Å². The number of β-amino-alcohol motifs (C(OH)–C–C–N with tert-alkyl or cyclic N) is 1. The van der Waals surface area contributed by atoms with Crippen molar-refractivity contribution in [3.63, 3.8) is 0 Å². The van der Waals surface area contributed by atoms with Crippen molar-refractivity contribution in [1.29, 1.82) is 0 Å². The number of rotatable bonds is 3. The predicted molar refractivity (Wildman–Crippen MR) is 68.1 cm³/mol. The predicted octanol–water partition coefficient (Wildman–Crippen LogP) is 1.73. The van der Waals surface area contributed by atoms with Gasteiger partial charge in [0.05, 0.1) is 5.60 Å². The first-order chi connectivity index (χ1) is 8.28. The van der Waals surface area contributed by atoms with E-state index in [4.69, 9.17) is 0 Å². The van der Waals surface area contributed by atoms with E-state index in [1.165, 1.54) is 12.1 Å². The molecule has 1 fully saturated rings. The van der Waals surface area contributed by atoms with Crippen LogP contribution >= 0.6 is 15.9 Å².